The van der Waals surface area contributed by atoms with Gasteiger partial charge in [0, 0.05) is 19.0 Å². The highest BCUT2D eigenvalue weighted by Crippen LogP contribution is 2.28. The van der Waals surface area contributed by atoms with Crippen LogP contribution in [0, 0.1) is 19.8 Å². The number of carbonyl (C=O) groups excluding carboxylic acids is 1. The summed E-state index contributed by atoms with van der Waals surface area (Å²) >= 11 is 1.53. The number of amides is 1. The molecule has 2 aromatic heterocycles. The van der Waals surface area contributed by atoms with Crippen molar-refractivity contribution >= 4 is 33.4 Å². The molecule has 0 aliphatic carbocycles. The lowest BCUT2D eigenvalue weighted by atomic mass is 9.97. The highest BCUT2D eigenvalue weighted by atomic mass is 32.2. The van der Waals surface area contributed by atoms with Crippen molar-refractivity contribution in [3.05, 3.63) is 29.8 Å². The number of piperidine rings is 1. The minimum absolute atomic E-state index is 0.108. The van der Waals surface area contributed by atoms with Crippen LogP contribution in [0.5, 0.6) is 0 Å². The largest absolute Gasteiger partial charge is 0.360 e. The van der Waals surface area contributed by atoms with Crippen molar-refractivity contribution in [1.29, 1.82) is 0 Å². The summed E-state index contributed by atoms with van der Waals surface area (Å²) in [5.41, 5.74) is 0.997. The molecular formula is C17H22N4O4S2. The minimum Gasteiger partial charge on any atom is -0.360 e. The Morgan fingerprint density at radius 2 is 2.00 bits per heavy atom. The van der Waals surface area contributed by atoms with Crippen molar-refractivity contribution in [2.24, 2.45) is 5.92 Å². The molecule has 146 valence electrons. The third kappa shape index (κ3) is 4.17. The molecule has 0 bridgehead atoms. The summed E-state index contributed by atoms with van der Waals surface area (Å²) in [6.07, 6.45) is 4.49. The van der Waals surface area contributed by atoms with Gasteiger partial charge in [-0.2, -0.15) is 4.31 Å². The molecule has 0 unspecified atom stereocenters. The van der Waals surface area contributed by atoms with Gasteiger partial charge < -0.3 is 9.84 Å². The van der Waals surface area contributed by atoms with E-state index in [2.05, 4.69) is 15.5 Å². The van der Waals surface area contributed by atoms with Crippen LogP contribution in [0.3, 0.4) is 0 Å². The molecule has 3 rings (SSSR count). The molecule has 1 N–H and O–H groups in total. The number of hydrogen-bond acceptors (Lipinski definition) is 7. The van der Waals surface area contributed by atoms with Gasteiger partial charge in [0.15, 0.2) is 5.76 Å². The summed E-state index contributed by atoms with van der Waals surface area (Å²) in [7, 11) is -3.66. The van der Waals surface area contributed by atoms with E-state index >= 15 is 0 Å². The fourth-order valence-electron chi connectivity index (χ4n) is 3.15. The van der Waals surface area contributed by atoms with Crippen LogP contribution in [-0.2, 0) is 14.8 Å². The Labute approximate surface area is 162 Å². The fourth-order valence-corrected chi connectivity index (χ4v) is 5.27. The van der Waals surface area contributed by atoms with Crippen molar-refractivity contribution in [3.8, 4) is 0 Å². The summed E-state index contributed by atoms with van der Waals surface area (Å²) in [4.78, 5) is 16.8. The van der Waals surface area contributed by atoms with E-state index in [1.165, 1.54) is 16.1 Å². The van der Waals surface area contributed by atoms with E-state index in [4.69, 9.17) is 4.52 Å². The predicted molar refractivity (Wildman–Crippen MR) is 102 cm³/mol. The lowest BCUT2D eigenvalue weighted by Crippen LogP contribution is -2.41. The van der Waals surface area contributed by atoms with Crippen LogP contribution >= 0.6 is 11.8 Å². The molecule has 0 aromatic carbocycles. The Balaban J connectivity index is 1.62. The average Bonchev–Trinajstić information content (AvgIpc) is 3.01. The Kier molecular flexibility index (Phi) is 5.87. The highest BCUT2D eigenvalue weighted by molar-refractivity contribution is 7.98. The van der Waals surface area contributed by atoms with E-state index in [1.807, 2.05) is 18.4 Å². The zero-order valence-electron chi connectivity index (χ0n) is 15.4. The molecular weight excluding hydrogens is 388 g/mol. The normalized spacial score (nSPS) is 16.4. The number of carbonyl (C=O) groups is 1. The standard InChI is InChI=1S/C17H22N4O4S2/c1-11-16(12(2)25-20-11)27(23,24)21-8-6-13(7-9-21)17(22)19-14-4-5-15(26-3)18-10-14/h4-5,10,13H,6-9H2,1-3H3,(H,19,22). The molecule has 10 heteroatoms. The van der Waals surface area contributed by atoms with Gasteiger partial charge in [0.25, 0.3) is 0 Å². The van der Waals surface area contributed by atoms with Gasteiger partial charge in [0.1, 0.15) is 10.6 Å². The molecule has 1 fully saturated rings. The first-order valence-corrected chi connectivity index (χ1v) is 11.2. The van der Waals surface area contributed by atoms with Crippen LogP contribution in [-0.4, -0.2) is 48.1 Å². The Hall–Kier alpha value is -1.91. The number of aryl methyl sites for hydroxylation is 2. The molecule has 3 heterocycles. The number of anilines is 1. The molecule has 0 saturated carbocycles. The second kappa shape index (κ2) is 7.99. The van der Waals surface area contributed by atoms with E-state index in [-0.39, 0.29) is 35.6 Å². The molecule has 0 atom stereocenters. The number of thioether (sulfide) groups is 1. The van der Waals surface area contributed by atoms with Crippen LogP contribution in [0.15, 0.2) is 32.8 Å². The van der Waals surface area contributed by atoms with Crippen LogP contribution in [0.1, 0.15) is 24.3 Å². The highest BCUT2D eigenvalue weighted by Gasteiger charge is 2.35. The Bertz CT molecular complexity index is 897. The van der Waals surface area contributed by atoms with Crippen molar-refractivity contribution in [3.63, 3.8) is 0 Å². The maximum Gasteiger partial charge on any atom is 0.248 e. The number of hydrogen-bond donors (Lipinski definition) is 1. The summed E-state index contributed by atoms with van der Waals surface area (Å²) in [6.45, 7) is 3.77. The minimum atomic E-state index is -3.66. The maximum absolute atomic E-state index is 12.8. The first kappa shape index (κ1) is 19.8. The zero-order chi connectivity index (χ0) is 19.6. The van der Waals surface area contributed by atoms with E-state index in [0.717, 1.165) is 5.03 Å². The molecule has 1 aliphatic rings. The lowest BCUT2D eigenvalue weighted by molar-refractivity contribution is -0.120. The summed E-state index contributed by atoms with van der Waals surface area (Å²) in [5.74, 6) is -0.0574. The third-order valence-electron chi connectivity index (χ3n) is 4.60. The second-order valence-electron chi connectivity index (χ2n) is 6.41. The molecule has 0 radical (unpaired) electrons. The Morgan fingerprint density at radius 1 is 1.30 bits per heavy atom. The van der Waals surface area contributed by atoms with E-state index in [0.29, 0.717) is 24.2 Å². The summed E-state index contributed by atoms with van der Waals surface area (Å²) < 4.78 is 32.1. The predicted octanol–water partition coefficient (Wildman–Crippen LogP) is 2.45. The Morgan fingerprint density at radius 3 is 2.52 bits per heavy atom. The molecule has 0 spiro atoms. The van der Waals surface area contributed by atoms with Crippen LogP contribution < -0.4 is 5.32 Å². The fraction of sp³-hybridized carbons (Fsp3) is 0.471. The number of rotatable bonds is 5. The average molecular weight is 411 g/mol. The smallest absolute Gasteiger partial charge is 0.248 e. The van der Waals surface area contributed by atoms with Gasteiger partial charge in [-0.15, -0.1) is 11.8 Å². The quantitative estimate of drug-likeness (QED) is 0.755. The van der Waals surface area contributed by atoms with Crippen LogP contribution in [0.4, 0.5) is 5.69 Å². The number of sulfonamides is 1. The van der Waals surface area contributed by atoms with E-state index in [9.17, 15) is 13.2 Å². The van der Waals surface area contributed by atoms with Gasteiger partial charge in [-0.3, -0.25) is 4.79 Å². The van der Waals surface area contributed by atoms with Crippen LogP contribution in [0.25, 0.3) is 0 Å². The monoisotopic (exact) mass is 410 g/mol. The van der Waals surface area contributed by atoms with Crippen molar-refractivity contribution in [2.45, 2.75) is 36.6 Å². The SMILES string of the molecule is CSc1ccc(NC(=O)C2CCN(S(=O)(=O)c3c(C)noc3C)CC2)cn1. The lowest BCUT2D eigenvalue weighted by Gasteiger charge is -2.30. The maximum atomic E-state index is 12.8. The van der Waals surface area contributed by atoms with Gasteiger partial charge in [0.2, 0.25) is 15.9 Å². The first-order chi connectivity index (χ1) is 12.8. The van der Waals surface area contributed by atoms with Gasteiger partial charge >= 0.3 is 0 Å². The van der Waals surface area contributed by atoms with Gasteiger partial charge in [0.05, 0.1) is 16.9 Å². The summed E-state index contributed by atoms with van der Waals surface area (Å²) in [6, 6.07) is 3.66. The van der Waals surface area contributed by atoms with Gasteiger partial charge in [-0.25, -0.2) is 13.4 Å². The zero-order valence-corrected chi connectivity index (χ0v) is 17.1. The number of pyridine rings is 1. The molecule has 1 saturated heterocycles. The number of nitrogens with zero attached hydrogens (tertiary/aromatic N) is 3. The number of nitrogens with one attached hydrogen (secondary N) is 1. The van der Waals surface area contributed by atoms with Gasteiger partial charge in [-0.1, -0.05) is 5.16 Å². The molecule has 1 aliphatic heterocycles. The topological polar surface area (TPSA) is 105 Å². The molecule has 2 aromatic rings. The van der Waals surface area contributed by atoms with Crippen molar-refractivity contribution in [2.75, 3.05) is 24.7 Å². The molecule has 8 nitrogen and oxygen atoms in total. The summed E-state index contributed by atoms with van der Waals surface area (Å²) in [5, 5.41) is 7.47. The molecule has 1 amide bonds. The van der Waals surface area contributed by atoms with Crippen molar-refractivity contribution in [1.82, 2.24) is 14.4 Å². The second-order valence-corrected chi connectivity index (χ2v) is 9.11. The van der Waals surface area contributed by atoms with E-state index < -0.39 is 10.0 Å². The van der Waals surface area contributed by atoms with Crippen molar-refractivity contribution < 1.29 is 17.7 Å². The third-order valence-corrected chi connectivity index (χ3v) is 7.41. The number of aromatic nitrogens is 2. The first-order valence-electron chi connectivity index (χ1n) is 8.57. The van der Waals surface area contributed by atoms with Gasteiger partial charge in [-0.05, 0) is 45.1 Å². The van der Waals surface area contributed by atoms with Crippen LogP contribution in [0.2, 0.25) is 0 Å². The molecule has 27 heavy (non-hydrogen) atoms. The van der Waals surface area contributed by atoms with E-state index in [1.54, 1.807) is 20.0 Å².